The first kappa shape index (κ1) is 17.9. The summed E-state index contributed by atoms with van der Waals surface area (Å²) in [6, 6.07) is 17.4. The minimum Gasteiger partial charge on any atom is -0.368 e. The Morgan fingerprint density at radius 3 is 2.28 bits per heavy atom. The lowest BCUT2D eigenvalue weighted by Gasteiger charge is -2.37. The molecule has 5 rings (SSSR count). The van der Waals surface area contributed by atoms with E-state index in [1.54, 1.807) is 0 Å². The number of aryl methyl sites for hydroxylation is 1. The minimum absolute atomic E-state index is 0.195. The van der Waals surface area contributed by atoms with Gasteiger partial charge in [-0.25, -0.2) is 14.4 Å². The van der Waals surface area contributed by atoms with Crippen LogP contribution in [-0.4, -0.2) is 42.7 Å². The van der Waals surface area contributed by atoms with Gasteiger partial charge in [0.2, 0.25) is 0 Å². The maximum Gasteiger partial charge on any atom is 0.138 e. The highest BCUT2D eigenvalue weighted by Gasteiger charge is 2.24. The number of piperazine rings is 1. The predicted molar refractivity (Wildman–Crippen MR) is 115 cm³/mol. The molecule has 0 atom stereocenters. The third-order valence-electron chi connectivity index (χ3n) is 5.77. The smallest absolute Gasteiger partial charge is 0.138 e. The molecule has 2 aliphatic rings. The molecule has 0 amide bonds. The van der Waals surface area contributed by atoms with E-state index in [0.717, 1.165) is 62.3 Å². The van der Waals surface area contributed by atoms with Crippen molar-refractivity contribution in [3.8, 4) is 0 Å². The Morgan fingerprint density at radius 2 is 1.48 bits per heavy atom. The van der Waals surface area contributed by atoms with Crippen LogP contribution in [0.15, 0.2) is 54.6 Å². The molecular weight excluding hydrogens is 365 g/mol. The van der Waals surface area contributed by atoms with E-state index in [9.17, 15) is 4.39 Å². The van der Waals surface area contributed by atoms with E-state index < -0.39 is 0 Å². The van der Waals surface area contributed by atoms with Crippen LogP contribution in [0.4, 0.5) is 27.4 Å². The van der Waals surface area contributed by atoms with Crippen molar-refractivity contribution in [2.24, 2.45) is 0 Å². The zero-order chi connectivity index (χ0) is 19.8. The number of aromatic nitrogens is 2. The molecule has 6 heteroatoms. The van der Waals surface area contributed by atoms with Crippen molar-refractivity contribution in [2.75, 3.05) is 47.4 Å². The van der Waals surface area contributed by atoms with Crippen molar-refractivity contribution in [3.05, 3.63) is 71.8 Å². The highest BCUT2D eigenvalue weighted by molar-refractivity contribution is 5.69. The number of fused-ring (bicyclic) bond motifs is 1. The summed E-state index contributed by atoms with van der Waals surface area (Å²) >= 11 is 0. The van der Waals surface area contributed by atoms with E-state index in [2.05, 4.69) is 45.0 Å². The highest BCUT2D eigenvalue weighted by atomic mass is 19.1. The fourth-order valence-corrected chi connectivity index (χ4v) is 4.26. The Balaban J connectivity index is 1.34. The number of halogens is 1. The molecule has 0 saturated carbocycles. The molecule has 29 heavy (non-hydrogen) atoms. The van der Waals surface area contributed by atoms with Crippen molar-refractivity contribution in [3.63, 3.8) is 0 Å². The second kappa shape index (κ2) is 7.35. The zero-order valence-electron chi connectivity index (χ0n) is 16.6. The Labute approximate surface area is 170 Å². The van der Waals surface area contributed by atoms with E-state index in [1.807, 2.05) is 19.1 Å². The molecule has 148 valence electrons. The van der Waals surface area contributed by atoms with Gasteiger partial charge >= 0.3 is 0 Å². The van der Waals surface area contributed by atoms with Crippen LogP contribution >= 0.6 is 0 Å². The van der Waals surface area contributed by atoms with Gasteiger partial charge in [-0.1, -0.05) is 18.2 Å². The van der Waals surface area contributed by atoms with Crippen LogP contribution in [-0.2, 0) is 6.42 Å². The fraction of sp³-hybridized carbons (Fsp3) is 0.304. The molecule has 2 aromatic carbocycles. The lowest BCUT2D eigenvalue weighted by atomic mass is 10.2. The number of nitrogens with zero attached hydrogens (tertiary/aromatic N) is 5. The molecule has 5 nitrogen and oxygen atoms in total. The third-order valence-corrected chi connectivity index (χ3v) is 5.77. The molecule has 3 aromatic rings. The van der Waals surface area contributed by atoms with Crippen LogP contribution in [0.25, 0.3) is 0 Å². The summed E-state index contributed by atoms with van der Waals surface area (Å²) < 4.78 is 13.2. The van der Waals surface area contributed by atoms with Gasteiger partial charge in [-0.15, -0.1) is 0 Å². The summed E-state index contributed by atoms with van der Waals surface area (Å²) in [7, 11) is 0. The topological polar surface area (TPSA) is 35.5 Å². The fourth-order valence-electron chi connectivity index (χ4n) is 4.26. The Hall–Kier alpha value is -3.15. The first-order valence-corrected chi connectivity index (χ1v) is 10.1. The van der Waals surface area contributed by atoms with Crippen LogP contribution in [0.5, 0.6) is 0 Å². The monoisotopic (exact) mass is 389 g/mol. The number of hydrogen-bond donors (Lipinski definition) is 0. The van der Waals surface area contributed by atoms with Crippen molar-refractivity contribution >= 4 is 23.0 Å². The molecule has 0 N–H and O–H groups in total. The third kappa shape index (κ3) is 3.50. The van der Waals surface area contributed by atoms with Crippen LogP contribution in [0.3, 0.4) is 0 Å². The minimum atomic E-state index is -0.195. The maximum absolute atomic E-state index is 13.2. The summed E-state index contributed by atoms with van der Waals surface area (Å²) in [6.07, 6.45) is 1.05. The van der Waals surface area contributed by atoms with Gasteiger partial charge in [0.05, 0.1) is 0 Å². The maximum atomic E-state index is 13.2. The standard InChI is InChI=1S/C23H24FN5/c1-17-25-22(16-23(26-17)29-11-10-18-4-2-3-5-21(18)29)28-14-12-27(13-15-28)20-8-6-19(24)7-9-20/h2-9,16H,10-15H2,1H3. The number of anilines is 4. The second-order valence-electron chi connectivity index (χ2n) is 7.61. The Kier molecular flexibility index (Phi) is 4.54. The van der Waals surface area contributed by atoms with E-state index in [0.29, 0.717) is 0 Å². The number of hydrogen-bond acceptors (Lipinski definition) is 5. The summed E-state index contributed by atoms with van der Waals surface area (Å²) in [5.41, 5.74) is 3.69. The van der Waals surface area contributed by atoms with Crippen LogP contribution in [0.2, 0.25) is 0 Å². The highest BCUT2D eigenvalue weighted by Crippen LogP contribution is 2.34. The molecule has 1 saturated heterocycles. The van der Waals surface area contributed by atoms with Gasteiger partial charge in [0.1, 0.15) is 23.3 Å². The molecule has 0 unspecified atom stereocenters. The summed E-state index contributed by atoms with van der Waals surface area (Å²) in [6.45, 7) is 6.44. The van der Waals surface area contributed by atoms with Crippen molar-refractivity contribution in [1.82, 2.24) is 9.97 Å². The van der Waals surface area contributed by atoms with E-state index in [4.69, 9.17) is 9.97 Å². The molecule has 3 heterocycles. The molecule has 0 aliphatic carbocycles. The number of rotatable bonds is 3. The lowest BCUT2D eigenvalue weighted by Crippen LogP contribution is -2.47. The van der Waals surface area contributed by atoms with E-state index in [1.165, 1.54) is 23.4 Å². The number of para-hydroxylation sites is 1. The first-order valence-electron chi connectivity index (χ1n) is 10.1. The average molecular weight is 389 g/mol. The summed E-state index contributed by atoms with van der Waals surface area (Å²) in [4.78, 5) is 16.3. The van der Waals surface area contributed by atoms with Crippen molar-refractivity contribution < 1.29 is 4.39 Å². The van der Waals surface area contributed by atoms with Crippen LogP contribution < -0.4 is 14.7 Å². The second-order valence-corrected chi connectivity index (χ2v) is 7.61. The van der Waals surface area contributed by atoms with Gasteiger partial charge < -0.3 is 14.7 Å². The van der Waals surface area contributed by atoms with Crippen LogP contribution in [0, 0.1) is 12.7 Å². The van der Waals surface area contributed by atoms with E-state index >= 15 is 0 Å². The molecule has 1 fully saturated rings. The predicted octanol–water partition coefficient (Wildman–Crippen LogP) is 3.94. The van der Waals surface area contributed by atoms with Gasteiger partial charge in [-0.3, -0.25) is 0 Å². The SMILES string of the molecule is Cc1nc(N2CCN(c3ccc(F)cc3)CC2)cc(N2CCc3ccccc32)n1. The van der Waals surface area contributed by atoms with Crippen molar-refractivity contribution in [2.45, 2.75) is 13.3 Å². The lowest BCUT2D eigenvalue weighted by molar-refractivity contribution is 0.624. The van der Waals surface area contributed by atoms with Crippen LogP contribution in [0.1, 0.15) is 11.4 Å². The molecule has 0 bridgehead atoms. The summed E-state index contributed by atoms with van der Waals surface area (Å²) in [5.74, 6) is 2.55. The van der Waals surface area contributed by atoms with Gasteiger partial charge in [-0.2, -0.15) is 0 Å². The van der Waals surface area contributed by atoms with E-state index in [-0.39, 0.29) is 5.82 Å². The Morgan fingerprint density at radius 1 is 0.793 bits per heavy atom. The molecular formula is C23H24FN5. The number of benzene rings is 2. The average Bonchev–Trinajstić information content (AvgIpc) is 3.18. The molecule has 0 radical (unpaired) electrons. The quantitative estimate of drug-likeness (QED) is 0.678. The van der Waals surface area contributed by atoms with Gasteiger partial charge in [0.15, 0.2) is 0 Å². The molecule has 2 aliphatic heterocycles. The zero-order valence-corrected chi connectivity index (χ0v) is 16.6. The molecule has 0 spiro atoms. The largest absolute Gasteiger partial charge is 0.368 e. The normalized spacial score (nSPS) is 16.3. The van der Waals surface area contributed by atoms with Gasteiger partial charge in [0, 0.05) is 50.2 Å². The van der Waals surface area contributed by atoms with Crippen molar-refractivity contribution in [1.29, 1.82) is 0 Å². The first-order chi connectivity index (χ1) is 14.2. The summed E-state index contributed by atoms with van der Waals surface area (Å²) in [5, 5.41) is 0. The van der Waals surface area contributed by atoms with Gasteiger partial charge in [0.25, 0.3) is 0 Å². The molecule has 1 aromatic heterocycles. The Bertz CT molecular complexity index is 1010. The van der Waals surface area contributed by atoms with Gasteiger partial charge in [-0.05, 0) is 49.2 Å².